The molecule has 5 heteroatoms. The van der Waals surface area contributed by atoms with Crippen molar-refractivity contribution in [1.82, 2.24) is 14.7 Å². The number of nitrogens with zero attached hydrogens (tertiary/aromatic N) is 3. The Balaban J connectivity index is 1.36. The lowest BCUT2D eigenvalue weighted by molar-refractivity contribution is -0.0706. The van der Waals surface area contributed by atoms with Gasteiger partial charge in [-0.2, -0.15) is 5.10 Å². The Labute approximate surface area is 145 Å². The van der Waals surface area contributed by atoms with Gasteiger partial charge in [-0.3, -0.25) is 9.58 Å². The van der Waals surface area contributed by atoms with Crippen molar-refractivity contribution in [2.75, 3.05) is 26.2 Å². The highest BCUT2D eigenvalue weighted by Gasteiger charge is 2.42. The fourth-order valence-electron chi connectivity index (χ4n) is 5.18. The van der Waals surface area contributed by atoms with Crippen LogP contribution in [0.2, 0.25) is 0 Å². The first kappa shape index (κ1) is 16.6. The molecule has 1 aromatic rings. The van der Waals surface area contributed by atoms with Crippen LogP contribution in [0.25, 0.3) is 0 Å². The second-order valence-electron chi connectivity index (χ2n) is 8.24. The lowest BCUT2D eigenvalue weighted by Crippen LogP contribution is -2.36. The minimum absolute atomic E-state index is 0.210. The molecular formula is C19H31N3O2. The SMILES string of the molecule is Cn1cc([C@@H]2CN(CC3CCC4(CCCCC4)O3)C[C@H]2CO)cn1. The Morgan fingerprint density at radius 1 is 1.25 bits per heavy atom. The molecule has 2 aliphatic heterocycles. The third kappa shape index (κ3) is 3.26. The van der Waals surface area contributed by atoms with Gasteiger partial charge in [0.05, 0.1) is 17.9 Å². The standard InChI is InChI=1S/C19H31N3O2/c1-21-10-15(9-20-21)18-13-22(11-16(18)14-23)12-17-5-8-19(24-17)6-3-2-4-7-19/h9-10,16-18,23H,2-8,11-14H2,1H3/t16-,17?,18-/m0/s1. The first-order valence-electron chi connectivity index (χ1n) is 9.67. The van der Waals surface area contributed by atoms with Gasteiger partial charge < -0.3 is 9.84 Å². The molecule has 3 heterocycles. The van der Waals surface area contributed by atoms with Gasteiger partial charge >= 0.3 is 0 Å². The number of aromatic nitrogens is 2. The molecule has 3 atom stereocenters. The summed E-state index contributed by atoms with van der Waals surface area (Å²) in [7, 11) is 1.96. The maximum Gasteiger partial charge on any atom is 0.0710 e. The molecule has 2 saturated heterocycles. The number of rotatable bonds is 4. The van der Waals surface area contributed by atoms with E-state index in [9.17, 15) is 5.11 Å². The molecule has 3 fully saturated rings. The highest BCUT2D eigenvalue weighted by atomic mass is 16.5. The molecule has 1 N–H and O–H groups in total. The second-order valence-corrected chi connectivity index (χ2v) is 8.24. The van der Waals surface area contributed by atoms with E-state index < -0.39 is 0 Å². The van der Waals surface area contributed by atoms with Crippen LogP contribution in [0.5, 0.6) is 0 Å². The lowest BCUT2D eigenvalue weighted by Gasteiger charge is -2.34. The molecule has 1 aliphatic carbocycles. The van der Waals surface area contributed by atoms with Gasteiger partial charge in [0.1, 0.15) is 0 Å². The van der Waals surface area contributed by atoms with Crippen molar-refractivity contribution in [1.29, 1.82) is 0 Å². The number of ether oxygens (including phenoxy) is 1. The van der Waals surface area contributed by atoms with Gasteiger partial charge in [-0.05, 0) is 31.2 Å². The Morgan fingerprint density at radius 3 is 2.79 bits per heavy atom. The van der Waals surface area contributed by atoms with Crippen molar-refractivity contribution in [3.05, 3.63) is 18.0 Å². The van der Waals surface area contributed by atoms with Crippen LogP contribution in [0.1, 0.15) is 56.4 Å². The van der Waals surface area contributed by atoms with Crippen molar-refractivity contribution in [2.24, 2.45) is 13.0 Å². The van der Waals surface area contributed by atoms with E-state index in [1.54, 1.807) is 0 Å². The minimum atomic E-state index is 0.210. The van der Waals surface area contributed by atoms with Crippen molar-refractivity contribution >= 4 is 0 Å². The summed E-state index contributed by atoms with van der Waals surface area (Å²) in [5.74, 6) is 0.716. The quantitative estimate of drug-likeness (QED) is 0.919. The summed E-state index contributed by atoms with van der Waals surface area (Å²) in [5, 5.41) is 14.1. The second kappa shape index (κ2) is 6.77. The van der Waals surface area contributed by atoms with E-state index in [-0.39, 0.29) is 12.2 Å². The topological polar surface area (TPSA) is 50.5 Å². The molecule has 0 bridgehead atoms. The monoisotopic (exact) mass is 333 g/mol. The summed E-state index contributed by atoms with van der Waals surface area (Å²) in [6.45, 7) is 3.27. The summed E-state index contributed by atoms with van der Waals surface area (Å²) >= 11 is 0. The highest BCUT2D eigenvalue weighted by molar-refractivity contribution is 5.16. The van der Waals surface area contributed by atoms with Crippen LogP contribution in [0.4, 0.5) is 0 Å². The van der Waals surface area contributed by atoms with Crippen LogP contribution in [0.15, 0.2) is 12.4 Å². The lowest BCUT2D eigenvalue weighted by atomic mass is 9.83. The van der Waals surface area contributed by atoms with E-state index in [4.69, 9.17) is 4.74 Å². The van der Waals surface area contributed by atoms with Crippen LogP contribution in [-0.2, 0) is 11.8 Å². The maximum atomic E-state index is 9.80. The number of aliphatic hydroxyl groups is 1. The van der Waals surface area contributed by atoms with E-state index in [0.29, 0.717) is 17.9 Å². The van der Waals surface area contributed by atoms with Gasteiger partial charge in [-0.15, -0.1) is 0 Å². The Kier molecular flexibility index (Phi) is 4.67. The average molecular weight is 333 g/mol. The van der Waals surface area contributed by atoms with Crippen LogP contribution < -0.4 is 0 Å². The molecular weight excluding hydrogens is 302 g/mol. The summed E-state index contributed by atoms with van der Waals surface area (Å²) in [5.41, 5.74) is 1.47. The van der Waals surface area contributed by atoms with E-state index in [1.165, 1.54) is 50.5 Å². The molecule has 24 heavy (non-hydrogen) atoms. The Morgan fingerprint density at radius 2 is 2.08 bits per heavy atom. The molecule has 1 unspecified atom stereocenters. The molecule has 3 aliphatic rings. The van der Waals surface area contributed by atoms with Crippen LogP contribution >= 0.6 is 0 Å². The van der Waals surface area contributed by atoms with E-state index in [2.05, 4.69) is 16.2 Å². The molecule has 4 rings (SSSR count). The number of aliphatic hydroxyl groups excluding tert-OH is 1. The Hall–Kier alpha value is -0.910. The van der Waals surface area contributed by atoms with Gasteiger partial charge in [-0.25, -0.2) is 0 Å². The predicted octanol–water partition coefficient (Wildman–Crippen LogP) is 2.31. The van der Waals surface area contributed by atoms with Crippen LogP contribution in [-0.4, -0.2) is 57.7 Å². The van der Waals surface area contributed by atoms with Crippen LogP contribution in [0.3, 0.4) is 0 Å². The number of hydrogen-bond acceptors (Lipinski definition) is 4. The van der Waals surface area contributed by atoms with Crippen molar-refractivity contribution in [2.45, 2.75) is 62.6 Å². The zero-order chi connectivity index (χ0) is 16.6. The number of likely N-dealkylation sites (tertiary alicyclic amines) is 1. The zero-order valence-electron chi connectivity index (χ0n) is 14.9. The Bertz CT molecular complexity index is 553. The summed E-state index contributed by atoms with van der Waals surface area (Å²) < 4.78 is 8.41. The van der Waals surface area contributed by atoms with Gasteiger partial charge in [0, 0.05) is 51.3 Å². The molecule has 0 amide bonds. The third-order valence-corrected chi connectivity index (χ3v) is 6.47. The third-order valence-electron chi connectivity index (χ3n) is 6.47. The molecule has 1 spiro atoms. The van der Waals surface area contributed by atoms with Gasteiger partial charge in [0.25, 0.3) is 0 Å². The van der Waals surface area contributed by atoms with Gasteiger partial charge in [0.15, 0.2) is 0 Å². The van der Waals surface area contributed by atoms with Crippen molar-refractivity contribution < 1.29 is 9.84 Å². The molecule has 1 aromatic heterocycles. The van der Waals surface area contributed by atoms with E-state index >= 15 is 0 Å². The largest absolute Gasteiger partial charge is 0.396 e. The summed E-state index contributed by atoms with van der Waals surface area (Å²) in [6, 6.07) is 0. The van der Waals surface area contributed by atoms with Crippen molar-refractivity contribution in [3.8, 4) is 0 Å². The zero-order valence-corrected chi connectivity index (χ0v) is 14.9. The minimum Gasteiger partial charge on any atom is -0.396 e. The van der Waals surface area contributed by atoms with Gasteiger partial charge in [0.2, 0.25) is 0 Å². The van der Waals surface area contributed by atoms with E-state index in [1.807, 2.05) is 17.9 Å². The summed E-state index contributed by atoms with van der Waals surface area (Å²) in [6.07, 6.45) is 13.5. The highest BCUT2D eigenvalue weighted by Crippen LogP contribution is 2.42. The first-order chi connectivity index (χ1) is 11.7. The molecule has 134 valence electrons. The molecule has 0 aromatic carbocycles. The van der Waals surface area contributed by atoms with E-state index in [0.717, 1.165) is 19.6 Å². The average Bonchev–Trinajstić information content (AvgIpc) is 3.28. The summed E-state index contributed by atoms with van der Waals surface area (Å²) in [4.78, 5) is 2.51. The predicted molar refractivity (Wildman–Crippen MR) is 92.9 cm³/mol. The fraction of sp³-hybridized carbons (Fsp3) is 0.842. The van der Waals surface area contributed by atoms with Gasteiger partial charge in [-0.1, -0.05) is 19.3 Å². The molecule has 1 saturated carbocycles. The number of aryl methyl sites for hydroxylation is 1. The maximum absolute atomic E-state index is 9.80. The van der Waals surface area contributed by atoms with Crippen LogP contribution in [0, 0.1) is 5.92 Å². The normalized spacial score (nSPS) is 33.5. The fourth-order valence-corrected chi connectivity index (χ4v) is 5.18. The number of hydrogen-bond donors (Lipinski definition) is 1. The smallest absolute Gasteiger partial charge is 0.0710 e. The molecule has 0 radical (unpaired) electrons. The molecule has 5 nitrogen and oxygen atoms in total. The van der Waals surface area contributed by atoms with Crippen molar-refractivity contribution in [3.63, 3.8) is 0 Å². The first-order valence-corrected chi connectivity index (χ1v) is 9.67.